The molecule has 0 aliphatic heterocycles. The number of esters is 1. The van der Waals surface area contributed by atoms with Gasteiger partial charge in [-0.05, 0) is 29.3 Å². The topological polar surface area (TPSA) is 98.5 Å². The minimum Gasteiger partial charge on any atom is -0.460 e. The zero-order chi connectivity index (χ0) is 18.1. The molecule has 2 aromatic rings. The number of rotatable bonds is 7. The molecule has 7 nitrogen and oxygen atoms in total. The first kappa shape index (κ1) is 17.9. The predicted octanol–water partition coefficient (Wildman–Crippen LogP) is 2.47. The summed E-state index contributed by atoms with van der Waals surface area (Å²) in [6.07, 6.45) is 2.74. The van der Waals surface area contributed by atoms with Gasteiger partial charge in [0.1, 0.15) is 13.2 Å². The maximum Gasteiger partial charge on any atom is 0.325 e. The number of benzene rings is 2. The number of nitro groups is 1. The van der Waals surface area contributed by atoms with Crippen LogP contribution in [-0.4, -0.2) is 23.3 Å². The Morgan fingerprint density at radius 3 is 2.40 bits per heavy atom. The number of nitro benzene ring substituents is 1. The normalized spacial score (nSPS) is 10.4. The van der Waals surface area contributed by atoms with Gasteiger partial charge in [-0.2, -0.15) is 0 Å². The van der Waals surface area contributed by atoms with Crippen LogP contribution < -0.4 is 5.32 Å². The van der Waals surface area contributed by atoms with Crippen LogP contribution in [0.2, 0.25) is 0 Å². The Labute approximate surface area is 144 Å². The fraction of sp³-hybridized carbons (Fsp3) is 0.111. The molecule has 128 valence electrons. The van der Waals surface area contributed by atoms with E-state index in [1.54, 1.807) is 0 Å². The Morgan fingerprint density at radius 2 is 1.76 bits per heavy atom. The summed E-state index contributed by atoms with van der Waals surface area (Å²) in [5.74, 6) is -1.00. The molecule has 0 aromatic heterocycles. The van der Waals surface area contributed by atoms with E-state index in [1.165, 1.54) is 36.4 Å². The molecule has 0 bridgehead atoms. The van der Waals surface area contributed by atoms with Gasteiger partial charge in [-0.15, -0.1) is 0 Å². The summed E-state index contributed by atoms with van der Waals surface area (Å²) in [6.45, 7) is -0.0928. The summed E-state index contributed by atoms with van der Waals surface area (Å²) >= 11 is 0. The minimum atomic E-state index is -0.541. The van der Waals surface area contributed by atoms with Crippen molar-refractivity contribution in [3.05, 3.63) is 81.9 Å². The van der Waals surface area contributed by atoms with Crippen molar-refractivity contribution in [3.63, 3.8) is 0 Å². The molecule has 0 heterocycles. The zero-order valence-electron chi connectivity index (χ0n) is 13.3. The van der Waals surface area contributed by atoms with Crippen molar-refractivity contribution in [2.45, 2.75) is 6.61 Å². The highest BCUT2D eigenvalue weighted by Crippen LogP contribution is 2.12. The molecular formula is C18H16N2O5. The Bertz CT molecular complexity index is 770. The molecule has 0 atom stereocenters. The SMILES string of the molecule is O=C(/C=C/c1ccc([N+](=O)[O-])cc1)NCC(=O)OCc1ccccc1. The van der Waals surface area contributed by atoms with Crippen LogP contribution in [0.1, 0.15) is 11.1 Å². The maximum atomic E-state index is 11.7. The van der Waals surface area contributed by atoms with Crippen LogP contribution in [0.4, 0.5) is 5.69 Å². The van der Waals surface area contributed by atoms with Crippen LogP contribution in [0, 0.1) is 10.1 Å². The second kappa shape index (κ2) is 8.97. The molecule has 0 aliphatic carbocycles. The van der Waals surface area contributed by atoms with Crippen molar-refractivity contribution < 1.29 is 19.2 Å². The highest BCUT2D eigenvalue weighted by Gasteiger charge is 2.05. The second-order valence-electron chi connectivity index (χ2n) is 5.05. The molecule has 2 rings (SSSR count). The van der Waals surface area contributed by atoms with Gasteiger partial charge in [0.25, 0.3) is 5.69 Å². The zero-order valence-corrected chi connectivity index (χ0v) is 13.3. The molecule has 0 unspecified atom stereocenters. The number of carbonyl (C=O) groups excluding carboxylic acids is 2. The monoisotopic (exact) mass is 340 g/mol. The first-order chi connectivity index (χ1) is 12.0. The molecular weight excluding hydrogens is 324 g/mol. The first-order valence-corrected chi connectivity index (χ1v) is 7.44. The van der Waals surface area contributed by atoms with Crippen molar-refractivity contribution in [1.29, 1.82) is 0 Å². The van der Waals surface area contributed by atoms with E-state index in [-0.39, 0.29) is 18.8 Å². The van der Waals surface area contributed by atoms with Crippen LogP contribution in [0.25, 0.3) is 6.08 Å². The van der Waals surface area contributed by atoms with Crippen LogP contribution in [0.15, 0.2) is 60.7 Å². The van der Waals surface area contributed by atoms with Gasteiger partial charge < -0.3 is 10.1 Å². The van der Waals surface area contributed by atoms with Crippen molar-refractivity contribution in [2.24, 2.45) is 0 Å². The van der Waals surface area contributed by atoms with Crippen molar-refractivity contribution in [2.75, 3.05) is 6.54 Å². The average Bonchev–Trinajstić information content (AvgIpc) is 2.64. The van der Waals surface area contributed by atoms with E-state index in [0.717, 1.165) is 5.56 Å². The first-order valence-electron chi connectivity index (χ1n) is 7.44. The van der Waals surface area contributed by atoms with E-state index in [2.05, 4.69) is 5.32 Å². The van der Waals surface area contributed by atoms with Crippen molar-refractivity contribution in [3.8, 4) is 0 Å². The van der Waals surface area contributed by atoms with E-state index >= 15 is 0 Å². The molecule has 25 heavy (non-hydrogen) atoms. The Balaban J connectivity index is 1.74. The van der Waals surface area contributed by atoms with Gasteiger partial charge in [0.05, 0.1) is 4.92 Å². The lowest BCUT2D eigenvalue weighted by atomic mass is 10.2. The summed E-state index contributed by atoms with van der Waals surface area (Å²) in [5.41, 5.74) is 1.47. The van der Waals surface area contributed by atoms with Crippen LogP contribution >= 0.6 is 0 Å². The number of carbonyl (C=O) groups is 2. The molecule has 0 saturated carbocycles. The van der Waals surface area contributed by atoms with Crippen molar-refractivity contribution >= 4 is 23.6 Å². The third-order valence-electron chi connectivity index (χ3n) is 3.18. The number of amides is 1. The predicted molar refractivity (Wildman–Crippen MR) is 91.4 cm³/mol. The minimum absolute atomic E-state index is 0.0252. The smallest absolute Gasteiger partial charge is 0.325 e. The molecule has 0 radical (unpaired) electrons. The van der Waals surface area contributed by atoms with E-state index in [1.807, 2.05) is 30.3 Å². The number of hydrogen-bond acceptors (Lipinski definition) is 5. The molecule has 0 aliphatic rings. The molecule has 1 N–H and O–H groups in total. The summed E-state index contributed by atoms with van der Waals surface area (Å²) in [7, 11) is 0. The number of hydrogen-bond donors (Lipinski definition) is 1. The number of ether oxygens (including phenoxy) is 1. The fourth-order valence-electron chi connectivity index (χ4n) is 1.89. The summed E-state index contributed by atoms with van der Waals surface area (Å²) in [6, 6.07) is 14.9. The highest BCUT2D eigenvalue weighted by atomic mass is 16.6. The van der Waals surface area contributed by atoms with Gasteiger partial charge in [0, 0.05) is 18.2 Å². The largest absolute Gasteiger partial charge is 0.460 e. The van der Waals surface area contributed by atoms with Gasteiger partial charge >= 0.3 is 5.97 Å². The molecule has 0 spiro atoms. The molecule has 1 amide bonds. The third-order valence-corrected chi connectivity index (χ3v) is 3.18. The van der Waals surface area contributed by atoms with E-state index in [0.29, 0.717) is 5.56 Å². The van der Waals surface area contributed by atoms with Gasteiger partial charge in [-0.3, -0.25) is 19.7 Å². The quantitative estimate of drug-likeness (QED) is 0.361. The standard InChI is InChI=1S/C18H16N2O5/c21-17(11-8-14-6-9-16(10-7-14)20(23)24)19-12-18(22)25-13-15-4-2-1-3-5-15/h1-11H,12-13H2,(H,19,21)/b11-8+. The molecule has 0 fully saturated rings. The lowest BCUT2D eigenvalue weighted by Gasteiger charge is -2.05. The lowest BCUT2D eigenvalue weighted by molar-refractivity contribution is -0.384. The van der Waals surface area contributed by atoms with Crippen molar-refractivity contribution in [1.82, 2.24) is 5.32 Å². The van der Waals surface area contributed by atoms with Gasteiger partial charge in [-0.25, -0.2) is 0 Å². The maximum absolute atomic E-state index is 11.7. The molecule has 7 heteroatoms. The number of non-ortho nitro benzene ring substituents is 1. The van der Waals surface area contributed by atoms with Crippen LogP contribution in [0.3, 0.4) is 0 Å². The third kappa shape index (κ3) is 6.26. The second-order valence-corrected chi connectivity index (χ2v) is 5.05. The number of nitrogens with zero attached hydrogens (tertiary/aromatic N) is 1. The number of nitrogens with one attached hydrogen (secondary N) is 1. The lowest BCUT2D eigenvalue weighted by Crippen LogP contribution is -2.29. The Hall–Kier alpha value is -3.48. The average molecular weight is 340 g/mol. The van der Waals surface area contributed by atoms with Crippen LogP contribution in [0.5, 0.6) is 0 Å². The van der Waals surface area contributed by atoms with E-state index in [9.17, 15) is 19.7 Å². The summed E-state index contributed by atoms with van der Waals surface area (Å²) in [5, 5.41) is 13.0. The fourth-order valence-corrected chi connectivity index (χ4v) is 1.89. The molecule has 2 aromatic carbocycles. The van der Waals surface area contributed by atoms with Gasteiger partial charge in [0.15, 0.2) is 0 Å². The Kier molecular flexibility index (Phi) is 6.41. The summed E-state index contributed by atoms with van der Waals surface area (Å²) < 4.78 is 5.04. The van der Waals surface area contributed by atoms with Gasteiger partial charge in [0.2, 0.25) is 5.91 Å². The highest BCUT2D eigenvalue weighted by molar-refractivity contribution is 5.93. The van der Waals surface area contributed by atoms with Crippen LogP contribution in [-0.2, 0) is 20.9 Å². The van der Waals surface area contributed by atoms with Gasteiger partial charge in [-0.1, -0.05) is 30.3 Å². The van der Waals surface area contributed by atoms with E-state index in [4.69, 9.17) is 4.74 Å². The van der Waals surface area contributed by atoms with E-state index < -0.39 is 16.8 Å². The molecule has 0 saturated heterocycles. The Morgan fingerprint density at radius 1 is 1.08 bits per heavy atom. The summed E-state index contributed by atoms with van der Waals surface area (Å²) in [4.78, 5) is 33.3.